The Hall–Kier alpha value is -2.08. The van der Waals surface area contributed by atoms with E-state index in [1.54, 1.807) is 21.8 Å². The van der Waals surface area contributed by atoms with Crippen LogP contribution in [0.4, 0.5) is 0 Å². The first-order chi connectivity index (χ1) is 10.3. The van der Waals surface area contributed by atoms with E-state index in [0.29, 0.717) is 37.1 Å². The van der Waals surface area contributed by atoms with Crippen LogP contribution in [0.1, 0.15) is 29.2 Å². The molecule has 3 heterocycles. The summed E-state index contributed by atoms with van der Waals surface area (Å²) in [5.41, 5.74) is 0. The van der Waals surface area contributed by atoms with Gasteiger partial charge in [0.15, 0.2) is 5.76 Å². The van der Waals surface area contributed by atoms with Crippen LogP contribution in [0.3, 0.4) is 0 Å². The summed E-state index contributed by atoms with van der Waals surface area (Å²) in [5, 5.41) is 13.2. The highest BCUT2D eigenvalue weighted by Crippen LogP contribution is 2.19. The fourth-order valence-electron chi connectivity index (χ4n) is 2.61. The second kappa shape index (κ2) is 6.13. The highest BCUT2D eigenvalue weighted by molar-refractivity contribution is 5.91. The molecule has 1 amide bonds. The number of hydrogen-bond acceptors (Lipinski definition) is 4. The SMILES string of the molecule is O=C(c1ccc(Cn2cccn2)o1)N1CCC(CO)CC1. The average Bonchev–Trinajstić information content (AvgIpc) is 3.19. The van der Waals surface area contributed by atoms with Gasteiger partial charge in [-0.15, -0.1) is 0 Å². The smallest absolute Gasteiger partial charge is 0.289 e. The van der Waals surface area contributed by atoms with Gasteiger partial charge in [0, 0.05) is 32.1 Å². The Bertz CT molecular complexity index is 583. The van der Waals surface area contributed by atoms with E-state index in [4.69, 9.17) is 9.52 Å². The minimum absolute atomic E-state index is 0.0712. The van der Waals surface area contributed by atoms with Crippen LogP contribution >= 0.6 is 0 Å². The number of aliphatic hydroxyl groups excluding tert-OH is 1. The van der Waals surface area contributed by atoms with Gasteiger partial charge < -0.3 is 14.4 Å². The molecule has 0 unspecified atom stereocenters. The fourth-order valence-corrected chi connectivity index (χ4v) is 2.61. The molecule has 2 aromatic rings. The van der Waals surface area contributed by atoms with Crippen molar-refractivity contribution in [2.24, 2.45) is 5.92 Å². The molecule has 3 rings (SSSR count). The zero-order chi connectivity index (χ0) is 14.7. The Morgan fingerprint density at radius 3 is 2.86 bits per heavy atom. The van der Waals surface area contributed by atoms with Crippen LogP contribution < -0.4 is 0 Å². The number of piperidine rings is 1. The summed E-state index contributed by atoms with van der Waals surface area (Å²) in [4.78, 5) is 14.2. The monoisotopic (exact) mass is 289 g/mol. The molecular weight excluding hydrogens is 270 g/mol. The second-order valence-corrected chi connectivity index (χ2v) is 5.39. The number of rotatable bonds is 4. The molecule has 112 valence electrons. The maximum Gasteiger partial charge on any atom is 0.289 e. The molecule has 21 heavy (non-hydrogen) atoms. The molecule has 1 N–H and O–H groups in total. The Kier molecular flexibility index (Phi) is 4.06. The third-order valence-electron chi connectivity index (χ3n) is 3.91. The van der Waals surface area contributed by atoms with Crippen molar-refractivity contribution >= 4 is 5.91 Å². The normalized spacial score (nSPS) is 16.3. The van der Waals surface area contributed by atoms with E-state index in [9.17, 15) is 4.79 Å². The molecule has 0 aliphatic carbocycles. The van der Waals surface area contributed by atoms with E-state index in [1.165, 1.54) is 0 Å². The number of likely N-dealkylation sites (tertiary alicyclic amines) is 1. The van der Waals surface area contributed by atoms with Crippen molar-refractivity contribution < 1.29 is 14.3 Å². The van der Waals surface area contributed by atoms with E-state index in [1.807, 2.05) is 18.3 Å². The molecule has 0 atom stereocenters. The van der Waals surface area contributed by atoms with Crippen LogP contribution in [0.25, 0.3) is 0 Å². The summed E-state index contributed by atoms with van der Waals surface area (Å²) < 4.78 is 7.37. The van der Waals surface area contributed by atoms with E-state index in [2.05, 4.69) is 5.10 Å². The first kappa shape index (κ1) is 13.9. The first-order valence-electron chi connectivity index (χ1n) is 7.22. The van der Waals surface area contributed by atoms with Gasteiger partial charge in [-0.1, -0.05) is 0 Å². The number of furan rings is 1. The summed E-state index contributed by atoms with van der Waals surface area (Å²) in [5.74, 6) is 1.34. The maximum absolute atomic E-state index is 12.4. The second-order valence-electron chi connectivity index (χ2n) is 5.39. The quantitative estimate of drug-likeness (QED) is 0.922. The van der Waals surface area contributed by atoms with Crippen molar-refractivity contribution in [3.05, 3.63) is 42.1 Å². The molecule has 6 heteroatoms. The van der Waals surface area contributed by atoms with E-state index in [0.717, 1.165) is 12.8 Å². The van der Waals surface area contributed by atoms with Gasteiger partial charge in [-0.25, -0.2) is 0 Å². The third kappa shape index (κ3) is 3.16. The number of aromatic nitrogens is 2. The minimum atomic E-state index is -0.0712. The lowest BCUT2D eigenvalue weighted by molar-refractivity contribution is 0.0618. The first-order valence-corrected chi connectivity index (χ1v) is 7.22. The van der Waals surface area contributed by atoms with Gasteiger partial charge in [0.2, 0.25) is 0 Å². The summed E-state index contributed by atoms with van der Waals surface area (Å²) in [6, 6.07) is 5.38. The lowest BCUT2D eigenvalue weighted by Crippen LogP contribution is -2.39. The number of amides is 1. The predicted octanol–water partition coefficient (Wildman–Crippen LogP) is 1.37. The molecule has 6 nitrogen and oxygen atoms in total. The van der Waals surface area contributed by atoms with Crippen LogP contribution in [0, 0.1) is 5.92 Å². The van der Waals surface area contributed by atoms with Crippen LogP contribution in [-0.2, 0) is 6.54 Å². The molecule has 0 radical (unpaired) electrons. The molecule has 2 aromatic heterocycles. The van der Waals surface area contributed by atoms with Gasteiger partial charge in [0.25, 0.3) is 5.91 Å². The number of carbonyl (C=O) groups is 1. The summed E-state index contributed by atoms with van der Waals surface area (Å²) >= 11 is 0. The molecule has 1 fully saturated rings. The Morgan fingerprint density at radius 1 is 1.38 bits per heavy atom. The average molecular weight is 289 g/mol. The molecule has 1 aliphatic heterocycles. The molecule has 0 spiro atoms. The molecule has 1 saturated heterocycles. The third-order valence-corrected chi connectivity index (χ3v) is 3.91. The Balaban J connectivity index is 1.62. The minimum Gasteiger partial charge on any atom is -0.454 e. The van der Waals surface area contributed by atoms with Gasteiger partial charge in [-0.2, -0.15) is 5.10 Å². The standard InChI is InChI=1S/C15H19N3O3/c19-11-12-4-8-17(9-5-12)15(20)14-3-2-13(21-14)10-18-7-1-6-16-18/h1-3,6-7,12,19H,4-5,8-11H2. The van der Waals surface area contributed by atoms with Crippen molar-refractivity contribution in [3.8, 4) is 0 Å². The van der Waals surface area contributed by atoms with Crippen molar-refractivity contribution in [1.29, 1.82) is 0 Å². The van der Waals surface area contributed by atoms with Gasteiger partial charge in [-0.3, -0.25) is 9.48 Å². The zero-order valence-corrected chi connectivity index (χ0v) is 11.8. The van der Waals surface area contributed by atoms with E-state index in [-0.39, 0.29) is 12.5 Å². The van der Waals surface area contributed by atoms with Crippen LogP contribution in [0.5, 0.6) is 0 Å². The molecule has 0 aromatic carbocycles. The van der Waals surface area contributed by atoms with E-state index < -0.39 is 0 Å². The molecular formula is C15H19N3O3. The summed E-state index contributed by atoms with van der Waals surface area (Å²) in [6.07, 6.45) is 5.26. The Morgan fingerprint density at radius 2 is 2.19 bits per heavy atom. The van der Waals surface area contributed by atoms with E-state index >= 15 is 0 Å². The van der Waals surface area contributed by atoms with Gasteiger partial charge in [0.05, 0.1) is 6.54 Å². The number of hydrogen-bond donors (Lipinski definition) is 1. The van der Waals surface area contributed by atoms with Crippen LogP contribution in [-0.4, -0.2) is 45.4 Å². The summed E-state index contributed by atoms with van der Waals surface area (Å²) in [6.45, 7) is 2.09. The predicted molar refractivity (Wildman–Crippen MR) is 75.8 cm³/mol. The summed E-state index contributed by atoms with van der Waals surface area (Å²) in [7, 11) is 0. The molecule has 0 saturated carbocycles. The highest BCUT2D eigenvalue weighted by Gasteiger charge is 2.25. The molecule has 1 aliphatic rings. The molecule has 0 bridgehead atoms. The topological polar surface area (TPSA) is 71.5 Å². The fraction of sp³-hybridized carbons (Fsp3) is 0.467. The van der Waals surface area contributed by atoms with Gasteiger partial charge in [0.1, 0.15) is 5.76 Å². The number of carbonyl (C=O) groups excluding carboxylic acids is 1. The van der Waals surface area contributed by atoms with Gasteiger partial charge in [-0.05, 0) is 37.0 Å². The lowest BCUT2D eigenvalue weighted by atomic mass is 9.98. The van der Waals surface area contributed by atoms with Crippen molar-refractivity contribution in [3.63, 3.8) is 0 Å². The number of aliphatic hydroxyl groups is 1. The van der Waals surface area contributed by atoms with Gasteiger partial charge >= 0.3 is 0 Å². The van der Waals surface area contributed by atoms with Crippen molar-refractivity contribution in [2.75, 3.05) is 19.7 Å². The van der Waals surface area contributed by atoms with Crippen molar-refractivity contribution in [1.82, 2.24) is 14.7 Å². The maximum atomic E-state index is 12.4. The lowest BCUT2D eigenvalue weighted by Gasteiger charge is -2.30. The zero-order valence-electron chi connectivity index (χ0n) is 11.8. The number of nitrogens with zero attached hydrogens (tertiary/aromatic N) is 3. The highest BCUT2D eigenvalue weighted by atomic mass is 16.4. The van der Waals surface area contributed by atoms with Crippen LogP contribution in [0.2, 0.25) is 0 Å². The van der Waals surface area contributed by atoms with Crippen LogP contribution in [0.15, 0.2) is 35.0 Å². The Labute approximate surface area is 123 Å². The van der Waals surface area contributed by atoms with Crippen molar-refractivity contribution in [2.45, 2.75) is 19.4 Å². The largest absolute Gasteiger partial charge is 0.454 e.